The third-order valence-corrected chi connectivity index (χ3v) is 6.95. The molecule has 200 valence electrons. The topological polar surface area (TPSA) is 97.7 Å². The van der Waals surface area contributed by atoms with Gasteiger partial charge in [0.1, 0.15) is 17.2 Å². The van der Waals surface area contributed by atoms with Crippen LogP contribution in [0.1, 0.15) is 49.9 Å². The summed E-state index contributed by atoms with van der Waals surface area (Å²) in [6.45, 7) is 6.29. The average Bonchev–Trinajstić information content (AvgIpc) is 3.60. The number of methoxy groups -OCH3 is 1. The third kappa shape index (κ3) is 5.46. The van der Waals surface area contributed by atoms with E-state index in [-0.39, 0.29) is 18.0 Å². The van der Waals surface area contributed by atoms with Crippen LogP contribution in [-0.4, -0.2) is 58.6 Å². The van der Waals surface area contributed by atoms with Gasteiger partial charge in [0.15, 0.2) is 0 Å². The van der Waals surface area contributed by atoms with E-state index in [2.05, 4.69) is 10.6 Å². The Balaban J connectivity index is 1.38. The number of anilines is 1. The lowest BCUT2D eigenvalue weighted by molar-refractivity contribution is 0.0289. The number of para-hydroxylation sites is 1. The van der Waals surface area contributed by atoms with Crippen molar-refractivity contribution >= 4 is 17.9 Å². The molecule has 2 aromatic carbocycles. The Hall–Kier alpha value is -4.01. The molecule has 38 heavy (non-hydrogen) atoms. The maximum atomic E-state index is 13.4. The number of aromatic nitrogens is 2. The van der Waals surface area contributed by atoms with Gasteiger partial charge in [0, 0.05) is 24.6 Å². The molecule has 0 unspecified atom stereocenters. The van der Waals surface area contributed by atoms with Crippen LogP contribution in [0, 0.1) is 0 Å². The van der Waals surface area contributed by atoms with Crippen molar-refractivity contribution in [2.45, 2.75) is 57.6 Å². The molecule has 3 aromatic rings. The van der Waals surface area contributed by atoms with Crippen LogP contribution < -0.4 is 15.4 Å². The van der Waals surface area contributed by atoms with Crippen LogP contribution in [0.2, 0.25) is 0 Å². The maximum Gasteiger partial charge on any atom is 0.410 e. The summed E-state index contributed by atoms with van der Waals surface area (Å²) < 4.78 is 12.9. The zero-order chi connectivity index (χ0) is 26.9. The van der Waals surface area contributed by atoms with E-state index in [9.17, 15) is 9.59 Å². The summed E-state index contributed by atoms with van der Waals surface area (Å²) in [5.41, 5.74) is 3.37. The smallest absolute Gasteiger partial charge is 0.410 e. The highest BCUT2D eigenvalue weighted by molar-refractivity contribution is 5.90. The van der Waals surface area contributed by atoms with Crippen molar-refractivity contribution in [2.24, 2.45) is 0 Å². The van der Waals surface area contributed by atoms with E-state index < -0.39 is 11.7 Å². The second-order valence-electron chi connectivity index (χ2n) is 10.8. The summed E-state index contributed by atoms with van der Waals surface area (Å²) in [7, 11) is 1.62. The van der Waals surface area contributed by atoms with Gasteiger partial charge in [-0.1, -0.05) is 30.3 Å². The van der Waals surface area contributed by atoms with Crippen molar-refractivity contribution in [3.63, 3.8) is 0 Å². The van der Waals surface area contributed by atoms with E-state index in [1.165, 1.54) is 0 Å². The Morgan fingerprint density at radius 2 is 1.82 bits per heavy atom. The molecule has 2 N–H and O–H groups in total. The molecule has 0 bridgehead atoms. The number of urea groups is 1. The molecule has 1 fully saturated rings. The predicted octanol–water partition coefficient (Wildman–Crippen LogP) is 4.89. The lowest BCUT2D eigenvalue weighted by atomic mass is 9.94. The first-order valence-electron chi connectivity index (χ1n) is 13.1. The fraction of sp³-hybridized carbons (Fsp3) is 0.414. The third-order valence-electron chi connectivity index (χ3n) is 6.95. The molecule has 2 atom stereocenters. The number of carbonyl (C=O) groups is 2. The van der Waals surface area contributed by atoms with Crippen LogP contribution >= 0.6 is 0 Å². The Labute approximate surface area is 223 Å². The summed E-state index contributed by atoms with van der Waals surface area (Å²) in [4.78, 5) is 28.0. The van der Waals surface area contributed by atoms with Crippen molar-refractivity contribution in [2.75, 3.05) is 25.5 Å². The first-order valence-corrected chi connectivity index (χ1v) is 13.1. The van der Waals surface area contributed by atoms with Crippen LogP contribution in [0.25, 0.3) is 5.69 Å². The first kappa shape index (κ1) is 25.6. The number of fused-ring (bicyclic) bond motifs is 1. The molecule has 2 aliphatic rings. The number of ether oxygens (including phenoxy) is 2. The molecule has 5 rings (SSSR count). The number of nitrogens with one attached hydrogen (secondary N) is 2. The number of aryl methyl sites for hydroxylation is 1. The van der Waals surface area contributed by atoms with E-state index >= 15 is 0 Å². The lowest BCUT2D eigenvalue weighted by Gasteiger charge is -2.24. The first-order chi connectivity index (χ1) is 18.2. The number of benzene rings is 2. The minimum Gasteiger partial charge on any atom is -0.497 e. The fourth-order valence-corrected chi connectivity index (χ4v) is 5.22. The molecule has 2 heterocycles. The Morgan fingerprint density at radius 3 is 2.55 bits per heavy atom. The second-order valence-corrected chi connectivity index (χ2v) is 10.8. The normalized spacial score (nSPS) is 18.7. The van der Waals surface area contributed by atoms with Gasteiger partial charge in [-0.2, -0.15) is 5.10 Å². The summed E-state index contributed by atoms with van der Waals surface area (Å²) >= 11 is 0. The van der Waals surface area contributed by atoms with E-state index in [1.807, 2.05) is 80.1 Å². The highest BCUT2D eigenvalue weighted by Crippen LogP contribution is 2.33. The summed E-state index contributed by atoms with van der Waals surface area (Å²) in [6.07, 6.45) is 2.40. The van der Waals surface area contributed by atoms with E-state index in [0.29, 0.717) is 18.9 Å². The van der Waals surface area contributed by atoms with Gasteiger partial charge in [-0.25, -0.2) is 14.3 Å². The molecule has 9 heteroatoms. The molecule has 1 aromatic heterocycles. The van der Waals surface area contributed by atoms with E-state index in [4.69, 9.17) is 14.6 Å². The van der Waals surface area contributed by atoms with Crippen LogP contribution in [-0.2, 0) is 17.6 Å². The molecule has 3 amide bonds. The molecule has 9 nitrogen and oxygen atoms in total. The number of hydrogen-bond donors (Lipinski definition) is 2. The summed E-state index contributed by atoms with van der Waals surface area (Å²) in [5.74, 6) is 1.29. The zero-order valence-corrected chi connectivity index (χ0v) is 22.4. The van der Waals surface area contributed by atoms with Gasteiger partial charge in [-0.05, 0) is 69.9 Å². The van der Waals surface area contributed by atoms with Crippen molar-refractivity contribution < 1.29 is 19.1 Å². The minimum absolute atomic E-state index is 0.131. The van der Waals surface area contributed by atoms with Crippen LogP contribution in [0.15, 0.2) is 54.6 Å². The molecular weight excluding hydrogens is 482 g/mol. The lowest BCUT2D eigenvalue weighted by Crippen LogP contribution is -2.43. The summed E-state index contributed by atoms with van der Waals surface area (Å²) in [5, 5.41) is 11.0. The predicted molar refractivity (Wildman–Crippen MR) is 145 cm³/mol. The maximum absolute atomic E-state index is 13.4. The largest absolute Gasteiger partial charge is 0.497 e. The van der Waals surface area contributed by atoms with Crippen molar-refractivity contribution in [3.8, 4) is 11.4 Å². The molecule has 0 spiro atoms. The summed E-state index contributed by atoms with van der Waals surface area (Å²) in [6, 6.07) is 16.9. The van der Waals surface area contributed by atoms with Crippen LogP contribution in [0.5, 0.6) is 5.75 Å². The van der Waals surface area contributed by atoms with Gasteiger partial charge in [0.05, 0.1) is 24.5 Å². The van der Waals surface area contributed by atoms with Crippen molar-refractivity contribution in [1.82, 2.24) is 20.0 Å². The number of likely N-dealkylation sites (tertiary alicyclic amines) is 1. The monoisotopic (exact) mass is 517 g/mol. The van der Waals surface area contributed by atoms with Gasteiger partial charge in [-0.3, -0.25) is 5.32 Å². The molecule has 1 saturated heterocycles. The molecule has 1 aliphatic heterocycles. The van der Waals surface area contributed by atoms with Crippen molar-refractivity contribution in [3.05, 3.63) is 71.4 Å². The highest BCUT2D eigenvalue weighted by Gasteiger charge is 2.39. The Bertz CT molecular complexity index is 1310. The van der Waals surface area contributed by atoms with Gasteiger partial charge in [-0.15, -0.1) is 0 Å². The number of carbonyl (C=O) groups excluding carboxylic acids is 2. The van der Waals surface area contributed by atoms with E-state index in [0.717, 1.165) is 47.5 Å². The minimum atomic E-state index is -0.609. The fourth-order valence-electron chi connectivity index (χ4n) is 5.22. The number of hydrogen-bond acceptors (Lipinski definition) is 5. The number of nitrogens with zero attached hydrogens (tertiary/aromatic N) is 3. The standard InChI is InChI=1S/C29H35N5O4/c1-29(2,3)38-28(36)33-17-23(19-10-8-13-21(16-19)37-4)25(18-33)30-27(35)31-26-22-14-9-15-24(22)32-34(26)20-11-6-5-7-12-20/h5-8,10-13,16,23,25H,9,14-15,17-18H2,1-4H3,(H2,30,31,35)/t23-,25+/m0/s1. The average molecular weight is 518 g/mol. The van der Waals surface area contributed by atoms with E-state index in [1.54, 1.807) is 12.0 Å². The molecule has 0 radical (unpaired) electrons. The van der Waals surface area contributed by atoms with Gasteiger partial charge >= 0.3 is 12.1 Å². The van der Waals surface area contributed by atoms with Gasteiger partial charge < -0.3 is 19.7 Å². The van der Waals surface area contributed by atoms with Gasteiger partial charge in [0.25, 0.3) is 0 Å². The molecule has 1 aliphatic carbocycles. The van der Waals surface area contributed by atoms with Crippen LogP contribution in [0.3, 0.4) is 0 Å². The molecule has 0 saturated carbocycles. The Morgan fingerprint density at radius 1 is 1.03 bits per heavy atom. The quantitative estimate of drug-likeness (QED) is 0.502. The van der Waals surface area contributed by atoms with Gasteiger partial charge in [0.2, 0.25) is 0 Å². The second kappa shape index (κ2) is 10.4. The van der Waals surface area contributed by atoms with Crippen molar-refractivity contribution in [1.29, 1.82) is 0 Å². The SMILES string of the molecule is COc1cccc([C@@H]2CN(C(=O)OC(C)(C)C)C[C@H]2NC(=O)Nc2c3c(nn2-c2ccccc2)CCC3)c1. The zero-order valence-electron chi connectivity index (χ0n) is 22.4. The number of rotatable bonds is 5. The highest BCUT2D eigenvalue weighted by atomic mass is 16.6. The Kier molecular flexibility index (Phi) is 7.01. The van der Waals surface area contributed by atoms with Crippen LogP contribution in [0.4, 0.5) is 15.4 Å². The molecular formula is C29H35N5O4. The number of amides is 3.